The van der Waals surface area contributed by atoms with Crippen LogP contribution in [0.5, 0.6) is 0 Å². The second-order valence-corrected chi connectivity index (χ2v) is 14.3. The Kier molecular flexibility index (Phi) is 7.20. The van der Waals surface area contributed by atoms with E-state index in [9.17, 15) is 5.26 Å². The second kappa shape index (κ2) is 12.7. The summed E-state index contributed by atoms with van der Waals surface area (Å²) in [6.45, 7) is 0. The van der Waals surface area contributed by atoms with Crippen LogP contribution in [0.3, 0.4) is 0 Å². The lowest BCUT2D eigenvalue weighted by Crippen LogP contribution is -2.04. The van der Waals surface area contributed by atoms with E-state index in [0.717, 1.165) is 66.5 Å². The summed E-state index contributed by atoms with van der Waals surface area (Å²) in [6, 6.07) is 70.8. The molecule has 11 rings (SSSR count). The SMILES string of the molecule is N#Cc1c(-c2ccccc2)c(-n2c3ccccc3c3cc(-c4ccc5c(c4)c4ccccc4n5-c4ccc(-c5ccccc5)cc4)ccc32)nc2ccccc12. The van der Waals surface area contributed by atoms with E-state index in [2.05, 4.69) is 167 Å². The highest BCUT2D eigenvalue weighted by Gasteiger charge is 2.22. The summed E-state index contributed by atoms with van der Waals surface area (Å²) >= 11 is 0. The van der Waals surface area contributed by atoms with Crippen molar-refractivity contribution in [1.29, 1.82) is 5.26 Å². The molecule has 0 aliphatic heterocycles. The number of fused-ring (bicyclic) bond motifs is 7. The highest BCUT2D eigenvalue weighted by molar-refractivity contribution is 6.13. The van der Waals surface area contributed by atoms with Gasteiger partial charge in [-0.25, -0.2) is 4.98 Å². The number of aromatic nitrogens is 3. The van der Waals surface area contributed by atoms with Crippen molar-refractivity contribution in [1.82, 2.24) is 14.1 Å². The number of hydrogen-bond acceptors (Lipinski definition) is 2. The summed E-state index contributed by atoms with van der Waals surface area (Å²) in [6.07, 6.45) is 0. The molecule has 11 aromatic rings. The van der Waals surface area contributed by atoms with Gasteiger partial charge in [-0.3, -0.25) is 4.57 Å². The lowest BCUT2D eigenvalue weighted by atomic mass is 9.97. The molecule has 0 bridgehead atoms. The number of para-hydroxylation sites is 3. The predicted octanol–water partition coefficient (Wildman–Crippen LogP) is 13.3. The summed E-state index contributed by atoms with van der Waals surface area (Å²) in [4.78, 5) is 5.30. The van der Waals surface area contributed by atoms with Crippen LogP contribution in [-0.4, -0.2) is 14.1 Å². The third-order valence-corrected chi connectivity index (χ3v) is 11.2. The molecule has 0 fully saturated rings. The van der Waals surface area contributed by atoms with Gasteiger partial charge in [0.2, 0.25) is 0 Å². The van der Waals surface area contributed by atoms with Gasteiger partial charge < -0.3 is 4.57 Å². The number of rotatable bonds is 5. The Hall–Kier alpha value is -7.74. The van der Waals surface area contributed by atoms with Crippen LogP contribution in [0, 0.1) is 11.3 Å². The maximum absolute atomic E-state index is 10.7. The van der Waals surface area contributed by atoms with Crippen molar-refractivity contribution < 1.29 is 0 Å². The first-order valence-electron chi connectivity index (χ1n) is 18.9. The summed E-state index contributed by atoms with van der Waals surface area (Å²) in [5.74, 6) is 0.747. The topological polar surface area (TPSA) is 46.5 Å². The van der Waals surface area contributed by atoms with Crippen LogP contribution >= 0.6 is 0 Å². The first-order valence-corrected chi connectivity index (χ1v) is 18.9. The number of nitriles is 1. The molecule has 0 saturated carbocycles. The zero-order chi connectivity index (χ0) is 37.2. The quantitative estimate of drug-likeness (QED) is 0.178. The Bertz CT molecular complexity index is 3350. The molecule has 260 valence electrons. The minimum Gasteiger partial charge on any atom is -0.309 e. The lowest BCUT2D eigenvalue weighted by Gasteiger charge is -2.16. The van der Waals surface area contributed by atoms with Gasteiger partial charge in [-0.2, -0.15) is 5.26 Å². The van der Waals surface area contributed by atoms with Crippen LogP contribution in [0.2, 0.25) is 0 Å². The van der Waals surface area contributed by atoms with Crippen molar-refractivity contribution in [2.24, 2.45) is 0 Å². The van der Waals surface area contributed by atoms with Crippen molar-refractivity contribution in [3.63, 3.8) is 0 Å². The van der Waals surface area contributed by atoms with E-state index in [-0.39, 0.29) is 0 Å². The monoisotopic (exact) mass is 712 g/mol. The van der Waals surface area contributed by atoms with Crippen LogP contribution < -0.4 is 0 Å². The minimum absolute atomic E-state index is 0.624. The molecule has 0 saturated heterocycles. The van der Waals surface area contributed by atoms with Gasteiger partial charge in [0.25, 0.3) is 0 Å². The lowest BCUT2D eigenvalue weighted by molar-refractivity contribution is 1.10. The standard InChI is InChI=1S/C52H32N4/c53-33-45-40-17-7-10-20-46(40)54-52(51(45)36-15-5-2-6-16-36)56-48-22-12-9-19-42(48)44-32-38(26-30-50(44)56)37-25-29-49-43(31-37)41-18-8-11-21-47(41)55(49)39-27-23-35(24-28-39)34-13-3-1-4-14-34/h1-32H. The van der Waals surface area contributed by atoms with Crippen molar-refractivity contribution >= 4 is 54.5 Å². The van der Waals surface area contributed by atoms with Gasteiger partial charge in [0.05, 0.1) is 33.1 Å². The Balaban J connectivity index is 1.09. The smallest absolute Gasteiger partial charge is 0.147 e. The van der Waals surface area contributed by atoms with Crippen LogP contribution in [-0.2, 0) is 0 Å². The highest BCUT2D eigenvalue weighted by atomic mass is 15.1. The fourth-order valence-electron chi connectivity index (χ4n) is 8.60. The molecule has 56 heavy (non-hydrogen) atoms. The van der Waals surface area contributed by atoms with Crippen LogP contribution in [0.15, 0.2) is 194 Å². The van der Waals surface area contributed by atoms with Crippen molar-refractivity contribution in [2.45, 2.75) is 0 Å². The van der Waals surface area contributed by atoms with E-state index < -0.39 is 0 Å². The summed E-state index contributed by atoms with van der Waals surface area (Å²) in [5, 5.41) is 16.2. The van der Waals surface area contributed by atoms with Crippen molar-refractivity contribution in [3.05, 3.63) is 200 Å². The Morgan fingerprint density at radius 3 is 1.46 bits per heavy atom. The summed E-state index contributed by atoms with van der Waals surface area (Å²) < 4.78 is 4.61. The van der Waals surface area contributed by atoms with Crippen LogP contribution in [0.1, 0.15) is 5.56 Å². The molecular formula is C52H32N4. The van der Waals surface area contributed by atoms with Gasteiger partial charge in [-0.1, -0.05) is 140 Å². The molecule has 0 atom stereocenters. The van der Waals surface area contributed by atoms with Gasteiger partial charge in [0.15, 0.2) is 0 Å². The second-order valence-electron chi connectivity index (χ2n) is 14.3. The minimum atomic E-state index is 0.624. The molecule has 3 aromatic heterocycles. The number of nitrogens with zero attached hydrogens (tertiary/aromatic N) is 4. The zero-order valence-electron chi connectivity index (χ0n) is 30.3. The van der Waals surface area contributed by atoms with E-state index in [1.54, 1.807) is 0 Å². The van der Waals surface area contributed by atoms with Crippen molar-refractivity contribution in [2.75, 3.05) is 0 Å². The largest absolute Gasteiger partial charge is 0.309 e. The van der Waals surface area contributed by atoms with E-state index in [0.29, 0.717) is 5.56 Å². The first-order chi connectivity index (χ1) is 27.7. The molecule has 0 unspecified atom stereocenters. The van der Waals surface area contributed by atoms with Gasteiger partial charge in [0, 0.05) is 38.2 Å². The highest BCUT2D eigenvalue weighted by Crippen LogP contribution is 2.41. The third kappa shape index (κ3) is 4.89. The molecule has 0 aliphatic rings. The van der Waals surface area contributed by atoms with E-state index in [1.807, 2.05) is 42.5 Å². The molecule has 3 heterocycles. The normalized spacial score (nSPS) is 11.6. The van der Waals surface area contributed by atoms with Gasteiger partial charge in [-0.05, 0) is 82.4 Å². The molecule has 8 aromatic carbocycles. The fraction of sp³-hybridized carbons (Fsp3) is 0. The summed E-state index contributed by atoms with van der Waals surface area (Å²) in [7, 11) is 0. The van der Waals surface area contributed by atoms with Crippen LogP contribution in [0.25, 0.3) is 99.4 Å². The van der Waals surface area contributed by atoms with Crippen molar-refractivity contribution in [3.8, 4) is 51.0 Å². The van der Waals surface area contributed by atoms with Crippen LogP contribution in [0.4, 0.5) is 0 Å². The predicted molar refractivity (Wildman–Crippen MR) is 231 cm³/mol. The summed E-state index contributed by atoms with van der Waals surface area (Å²) in [5.41, 5.74) is 13.5. The van der Waals surface area contributed by atoms with E-state index >= 15 is 0 Å². The maximum Gasteiger partial charge on any atom is 0.147 e. The molecule has 0 radical (unpaired) electrons. The Labute approximate surface area is 323 Å². The number of benzene rings is 8. The molecule has 0 N–H and O–H groups in total. The zero-order valence-corrected chi connectivity index (χ0v) is 30.3. The Morgan fingerprint density at radius 1 is 0.375 bits per heavy atom. The molecule has 0 spiro atoms. The molecule has 4 nitrogen and oxygen atoms in total. The molecule has 0 aliphatic carbocycles. The van der Waals surface area contributed by atoms with E-state index in [1.165, 1.54) is 32.9 Å². The fourth-order valence-corrected chi connectivity index (χ4v) is 8.60. The average Bonchev–Trinajstić information content (AvgIpc) is 3.78. The maximum atomic E-state index is 10.7. The van der Waals surface area contributed by atoms with Gasteiger partial charge >= 0.3 is 0 Å². The molecule has 4 heteroatoms. The van der Waals surface area contributed by atoms with Gasteiger partial charge in [0.1, 0.15) is 11.9 Å². The molecule has 0 amide bonds. The average molecular weight is 713 g/mol. The van der Waals surface area contributed by atoms with E-state index in [4.69, 9.17) is 4.98 Å². The van der Waals surface area contributed by atoms with Gasteiger partial charge in [-0.15, -0.1) is 0 Å². The Morgan fingerprint density at radius 2 is 0.839 bits per heavy atom. The number of pyridine rings is 1. The molecular weight excluding hydrogens is 681 g/mol. The first kappa shape index (κ1) is 31.8. The third-order valence-electron chi connectivity index (χ3n) is 11.2. The number of hydrogen-bond donors (Lipinski definition) is 0.